The van der Waals surface area contributed by atoms with E-state index in [4.69, 9.17) is 59.2 Å². The molecule has 0 saturated carbocycles. The Labute approximate surface area is 577 Å². The average molecular weight is 1510 g/mol. The van der Waals surface area contributed by atoms with Gasteiger partial charge in [0, 0.05) is 17.3 Å². The molecule has 45 heteroatoms. The van der Waals surface area contributed by atoms with Crippen LogP contribution in [0.1, 0.15) is 98.8 Å². The van der Waals surface area contributed by atoms with E-state index in [0.29, 0.717) is 53.1 Å². The Bertz CT molecular complexity index is 3700. The molecular formula is C54H81N18O21P3S3. The number of anilines is 3. The number of rotatable bonds is 18. The van der Waals surface area contributed by atoms with Crippen LogP contribution in [0.2, 0.25) is 0 Å². The molecule has 6 aliphatic rings. The number of imidazole rings is 3. The number of carbonyl (C=O) groups is 3. The van der Waals surface area contributed by atoms with Gasteiger partial charge in [-0.2, -0.15) is 29.9 Å². The first-order chi connectivity index (χ1) is 46.7. The topological polar surface area (TPSA) is 552 Å². The molecule has 12 heterocycles. The van der Waals surface area contributed by atoms with E-state index in [1.54, 1.807) is 0 Å². The predicted molar refractivity (Wildman–Crippen MR) is 359 cm³/mol. The molecule has 0 aromatic carbocycles. The van der Waals surface area contributed by atoms with Crippen molar-refractivity contribution in [3.05, 3.63) is 19.0 Å². The lowest BCUT2D eigenvalue weighted by Crippen LogP contribution is -2.44. The number of Topliss-reactive ketones (excluding diaryl/α,β-unsaturated/α-hetero) is 3. The van der Waals surface area contributed by atoms with Crippen molar-refractivity contribution >= 4 is 123 Å². The standard InChI is InChI=1S/3C18H27N6O7PS/c3*1-9(25)10-5-4-6-33-32(28,23-10)30-7-11-13(26)18(2,27)16(31-11)24-8-20-12-14(24)21-17(19)22-15(12)29-3/h3*8,10-11,13,16,26-27H,4-7H2,1-3H3,(H,23,28)(H2,19,21,22)/t10-,11+,13+,16+,18+,32?;10-,11+,13+,16+,18+,32-;10-,11-,13-,16-,18-,32-/m001/s1. The first-order valence-corrected chi connectivity index (χ1v) is 40.6. The summed E-state index contributed by atoms with van der Waals surface area (Å²) < 4.78 is 94.2. The Morgan fingerprint density at radius 2 is 0.758 bits per heavy atom. The number of aromatic nitrogens is 12. The van der Waals surface area contributed by atoms with Crippen LogP contribution in [0.3, 0.4) is 0 Å². The summed E-state index contributed by atoms with van der Waals surface area (Å²) in [6, 6.07) is -1.68. The first-order valence-electron chi connectivity index (χ1n) is 31.0. The second-order valence-electron chi connectivity index (χ2n) is 24.5. The number of methoxy groups -OCH3 is 3. The van der Waals surface area contributed by atoms with Crippen molar-refractivity contribution in [2.45, 2.75) is 170 Å². The van der Waals surface area contributed by atoms with Gasteiger partial charge in [-0.1, -0.05) is 34.1 Å². The summed E-state index contributed by atoms with van der Waals surface area (Å²) in [6.07, 6.45) is -2.54. The highest BCUT2D eigenvalue weighted by molar-refractivity contribution is 8.56. The van der Waals surface area contributed by atoms with Crippen molar-refractivity contribution in [2.75, 3.05) is 75.6 Å². The predicted octanol–water partition coefficient (Wildman–Crippen LogP) is 1.88. The highest BCUT2D eigenvalue weighted by Gasteiger charge is 2.57. The quantitative estimate of drug-likeness (QED) is 0.0547. The van der Waals surface area contributed by atoms with E-state index in [1.165, 1.54) is 95.6 Å². The van der Waals surface area contributed by atoms with Crippen molar-refractivity contribution in [1.29, 1.82) is 0 Å². The van der Waals surface area contributed by atoms with Crippen LogP contribution in [0.4, 0.5) is 17.8 Å². The van der Waals surface area contributed by atoms with Crippen LogP contribution in [0.15, 0.2) is 19.0 Å². The lowest BCUT2D eigenvalue weighted by atomic mass is 9.96. The third-order valence-electron chi connectivity index (χ3n) is 17.2. The molecule has 0 amide bonds. The second-order valence-corrected chi connectivity index (χ2v) is 37.7. The normalized spacial score (nSPS) is 34.9. The molecule has 6 aromatic rings. The van der Waals surface area contributed by atoms with Crippen molar-refractivity contribution in [3.63, 3.8) is 0 Å². The van der Waals surface area contributed by atoms with Crippen molar-refractivity contribution in [1.82, 2.24) is 73.8 Å². The summed E-state index contributed by atoms with van der Waals surface area (Å²) in [7, 11) is 4.24. The third kappa shape index (κ3) is 16.2. The molecule has 0 aliphatic carbocycles. The maximum atomic E-state index is 13.2. The summed E-state index contributed by atoms with van der Waals surface area (Å²) in [6.45, 7) is -2.58. The Morgan fingerprint density at radius 1 is 0.505 bits per heavy atom. The number of hydrogen-bond donors (Lipinski definition) is 12. The molecular weight excluding hydrogens is 1430 g/mol. The van der Waals surface area contributed by atoms with Gasteiger partial charge in [0.2, 0.25) is 35.5 Å². The highest BCUT2D eigenvalue weighted by atomic mass is 32.7. The Morgan fingerprint density at radius 3 is 0.990 bits per heavy atom. The maximum Gasteiger partial charge on any atom is 0.327 e. The summed E-state index contributed by atoms with van der Waals surface area (Å²) in [4.78, 5) is 72.5. The van der Waals surface area contributed by atoms with Gasteiger partial charge < -0.3 is 89.8 Å². The number of aliphatic hydroxyl groups excluding tert-OH is 3. The Kier molecular flexibility index (Phi) is 23.5. The van der Waals surface area contributed by atoms with E-state index in [-0.39, 0.29) is 89.6 Å². The number of carbonyl (C=O) groups excluding carboxylic acids is 3. The van der Waals surface area contributed by atoms with Crippen LogP contribution in [0, 0.1) is 0 Å². The third-order valence-corrected chi connectivity index (χ3v) is 29.5. The SMILES string of the molecule is COc1nc(N)nc2c1ncn2[C@@H]1O[C@H](COP2(=O)N[C@H](C(C)=O)CCCS2)[C@@H](O)[C@@]1(C)O.COc1nc(N)nc2c1ncn2[C@@H]1O[C@H](CO[P@@]2(=O)N[C@H](C(C)=O)CCCS2)[C@@H](O)[C@@]1(C)O.COc1nc(N)nc2c1ncn2[C@@H]1O[C@H](CO[P@]2(=O)N[C@@H](C(C)=O)CCCS2)[C@@H](O)[C@@]1(C)O. The largest absolute Gasteiger partial charge is 0.479 e. The first kappa shape index (κ1) is 76.2. The molecule has 18 atom stereocenters. The Hall–Kier alpha value is -5.40. The summed E-state index contributed by atoms with van der Waals surface area (Å²) in [5.74, 6) is 1.61. The molecule has 6 saturated heterocycles. The minimum absolute atomic E-state index is 0.0613. The molecule has 99 heavy (non-hydrogen) atoms. The van der Waals surface area contributed by atoms with Gasteiger partial charge in [-0.15, -0.1) is 0 Å². The zero-order valence-corrected chi connectivity index (χ0v) is 60.3. The summed E-state index contributed by atoms with van der Waals surface area (Å²) >= 11 is 3.33. The lowest BCUT2D eigenvalue weighted by Gasteiger charge is -2.27. The molecule has 0 spiro atoms. The monoisotopic (exact) mass is 1510 g/mol. The van der Waals surface area contributed by atoms with E-state index in [9.17, 15) is 58.7 Å². The van der Waals surface area contributed by atoms with Gasteiger partial charge in [-0.3, -0.25) is 41.8 Å². The van der Waals surface area contributed by atoms with E-state index in [2.05, 4.69) is 60.1 Å². The van der Waals surface area contributed by atoms with E-state index in [0.717, 1.165) is 53.4 Å². The highest BCUT2D eigenvalue weighted by Crippen LogP contribution is 2.61. The molecule has 39 nitrogen and oxygen atoms in total. The smallest absolute Gasteiger partial charge is 0.327 e. The van der Waals surface area contributed by atoms with Crippen LogP contribution in [0.5, 0.6) is 17.6 Å². The van der Waals surface area contributed by atoms with Crippen molar-refractivity contribution < 1.29 is 101 Å². The molecule has 0 bridgehead atoms. The Balaban J connectivity index is 0.000000161. The number of aliphatic hydroxyl groups is 6. The maximum absolute atomic E-state index is 13.2. The fourth-order valence-electron chi connectivity index (χ4n) is 11.7. The number of nitrogen functional groups attached to an aromatic ring is 3. The molecule has 6 aromatic heterocycles. The fraction of sp³-hybridized carbons (Fsp3) is 0.667. The van der Waals surface area contributed by atoms with Gasteiger partial charge in [0.05, 0.1) is 78.3 Å². The number of hydrogen-bond acceptors (Lipinski definition) is 36. The van der Waals surface area contributed by atoms with Crippen molar-refractivity contribution in [3.8, 4) is 17.6 Å². The van der Waals surface area contributed by atoms with E-state index < -0.39 is 110 Å². The number of ether oxygens (including phenoxy) is 6. The molecule has 12 rings (SSSR count). The molecule has 6 aliphatic heterocycles. The number of nitrogens with zero attached hydrogens (tertiary/aromatic N) is 12. The van der Waals surface area contributed by atoms with Gasteiger partial charge in [0.15, 0.2) is 52.2 Å². The summed E-state index contributed by atoms with van der Waals surface area (Å²) in [5.41, 5.74) is 13.6. The van der Waals surface area contributed by atoms with Gasteiger partial charge in [-0.05, 0) is 80.1 Å². The minimum atomic E-state index is -3.42. The van der Waals surface area contributed by atoms with Gasteiger partial charge in [-0.25, -0.2) is 30.2 Å². The molecule has 546 valence electrons. The van der Waals surface area contributed by atoms with Crippen molar-refractivity contribution in [2.24, 2.45) is 0 Å². The van der Waals surface area contributed by atoms with Crippen LogP contribution >= 0.6 is 54.3 Å². The molecule has 15 N–H and O–H groups in total. The van der Waals surface area contributed by atoms with Crippen LogP contribution in [0.25, 0.3) is 33.5 Å². The second kappa shape index (κ2) is 30.5. The number of ketones is 3. The molecule has 1 unspecified atom stereocenters. The zero-order chi connectivity index (χ0) is 71.9. The molecule has 6 fully saturated rings. The number of nitrogens with two attached hydrogens (primary N) is 3. The number of fused-ring (bicyclic) bond motifs is 3. The van der Waals surface area contributed by atoms with Crippen LogP contribution < -0.4 is 46.7 Å². The minimum Gasteiger partial charge on any atom is -0.479 e. The van der Waals surface area contributed by atoms with Crippen LogP contribution in [-0.2, 0) is 55.9 Å². The van der Waals surface area contributed by atoms with Gasteiger partial charge in [0.1, 0.15) is 70.8 Å². The van der Waals surface area contributed by atoms with Crippen LogP contribution in [-0.4, -0.2) is 237 Å². The van der Waals surface area contributed by atoms with Gasteiger partial charge >= 0.3 is 20.2 Å². The van der Waals surface area contributed by atoms with E-state index >= 15 is 0 Å². The number of nitrogens with one attached hydrogen (secondary N) is 3. The van der Waals surface area contributed by atoms with E-state index in [1.807, 2.05) is 0 Å². The fourth-order valence-corrected chi connectivity index (χ4v) is 23.5. The van der Waals surface area contributed by atoms with Gasteiger partial charge in [0.25, 0.3) is 0 Å². The summed E-state index contributed by atoms with van der Waals surface area (Å²) in [5, 5.41) is 74.0. The zero-order valence-electron chi connectivity index (χ0n) is 55.1. The lowest BCUT2D eigenvalue weighted by molar-refractivity contribution is -0.119. The average Bonchev–Trinajstić information content (AvgIpc) is 1.61. The molecule has 0 radical (unpaired) electrons.